The number of ketones is 1. The van der Waals surface area contributed by atoms with Gasteiger partial charge < -0.3 is 5.11 Å². The Morgan fingerprint density at radius 1 is 1.30 bits per heavy atom. The smallest absolute Gasteiger partial charge is 0.303 e. The van der Waals surface area contributed by atoms with Crippen molar-refractivity contribution in [3.8, 4) is 0 Å². The van der Waals surface area contributed by atoms with Crippen LogP contribution in [0.2, 0.25) is 0 Å². The summed E-state index contributed by atoms with van der Waals surface area (Å²) in [5.74, 6) is -1.73. The fraction of sp³-hybridized carbons (Fsp3) is 0.400. The first-order valence-corrected chi connectivity index (χ1v) is 2.36. The van der Waals surface area contributed by atoms with Crippen molar-refractivity contribution in [2.24, 2.45) is 0 Å². The number of carbonyl (C=O) groups excluding carboxylic acids is 2. The van der Waals surface area contributed by atoms with Gasteiger partial charge in [0.15, 0.2) is 12.1 Å². The number of hydrogen-bond acceptors (Lipinski definition) is 3. The van der Waals surface area contributed by atoms with E-state index in [0.29, 0.717) is 0 Å². The minimum absolute atomic E-state index is 0. The van der Waals surface area contributed by atoms with Crippen LogP contribution < -0.4 is 0 Å². The maximum absolute atomic E-state index is 10.1. The van der Waals surface area contributed by atoms with E-state index in [1.165, 1.54) is 0 Å². The number of carboxylic acid groups (broad SMARTS) is 1. The molecule has 0 saturated carbocycles. The summed E-state index contributed by atoms with van der Waals surface area (Å²) >= 11 is 0. The predicted molar refractivity (Wildman–Crippen MR) is 27.9 cm³/mol. The molecule has 10 heavy (non-hydrogen) atoms. The Labute approximate surface area is 70.4 Å². The molecule has 0 bridgehead atoms. The van der Waals surface area contributed by atoms with Crippen LogP contribution in [0.1, 0.15) is 12.8 Å². The number of aliphatic carboxylic acids is 1. The first-order chi connectivity index (χ1) is 4.16. The molecule has 4 nitrogen and oxygen atoms in total. The quantitative estimate of drug-likeness (QED) is 0.377. The van der Waals surface area contributed by atoms with Crippen molar-refractivity contribution in [1.29, 1.82) is 0 Å². The monoisotopic (exact) mass is 194 g/mol. The SMILES string of the molecule is O=CC(=O)CCC(=O)O.[Zn]. The van der Waals surface area contributed by atoms with Gasteiger partial charge in [-0.2, -0.15) is 0 Å². The van der Waals surface area contributed by atoms with Crippen LogP contribution in [-0.4, -0.2) is 23.1 Å². The van der Waals surface area contributed by atoms with Gasteiger partial charge in [-0.3, -0.25) is 14.4 Å². The molecular weight excluding hydrogens is 189 g/mol. The van der Waals surface area contributed by atoms with Gasteiger partial charge in [-0.15, -0.1) is 0 Å². The molecule has 0 fully saturated rings. The van der Waals surface area contributed by atoms with Crippen molar-refractivity contribution >= 4 is 18.0 Å². The van der Waals surface area contributed by atoms with Gasteiger partial charge in [-0.25, -0.2) is 0 Å². The molecule has 0 spiro atoms. The van der Waals surface area contributed by atoms with Crippen molar-refractivity contribution in [2.45, 2.75) is 12.8 Å². The standard InChI is InChI=1S/C5H6O4.Zn/c6-3-4(7)1-2-5(8)9;/h3H,1-2H2,(H,8,9);. The molecule has 0 aromatic carbocycles. The zero-order valence-corrected chi connectivity index (χ0v) is 8.34. The van der Waals surface area contributed by atoms with Crippen molar-refractivity contribution in [1.82, 2.24) is 0 Å². The van der Waals surface area contributed by atoms with E-state index in [2.05, 4.69) is 0 Å². The summed E-state index contributed by atoms with van der Waals surface area (Å²) in [4.78, 5) is 29.4. The second kappa shape index (κ2) is 6.55. The Hall–Kier alpha value is -0.567. The van der Waals surface area contributed by atoms with Gasteiger partial charge in [0, 0.05) is 25.9 Å². The van der Waals surface area contributed by atoms with Crippen LogP contribution in [0.4, 0.5) is 0 Å². The van der Waals surface area contributed by atoms with Crippen LogP contribution in [0, 0.1) is 0 Å². The molecule has 0 aliphatic carbocycles. The summed E-state index contributed by atoms with van der Waals surface area (Å²) in [6.07, 6.45) is -0.334. The molecule has 0 aromatic heterocycles. The molecule has 0 saturated heterocycles. The van der Waals surface area contributed by atoms with E-state index < -0.39 is 11.8 Å². The average molecular weight is 195 g/mol. The van der Waals surface area contributed by atoms with Gasteiger partial charge in [0.2, 0.25) is 0 Å². The molecule has 0 aliphatic rings. The van der Waals surface area contributed by atoms with E-state index in [9.17, 15) is 14.4 Å². The van der Waals surface area contributed by atoms with Crippen LogP contribution >= 0.6 is 0 Å². The summed E-state index contributed by atoms with van der Waals surface area (Å²) in [5, 5.41) is 7.99. The van der Waals surface area contributed by atoms with E-state index in [4.69, 9.17) is 5.11 Å². The van der Waals surface area contributed by atoms with Gasteiger partial charge in [0.1, 0.15) is 0 Å². The molecule has 0 unspecified atom stereocenters. The number of aldehydes is 1. The molecular formula is C5H6O4Zn. The largest absolute Gasteiger partial charge is 0.481 e. The van der Waals surface area contributed by atoms with Gasteiger partial charge >= 0.3 is 5.97 Å². The normalized spacial score (nSPS) is 7.60. The molecule has 0 aliphatic heterocycles. The molecule has 1 N–H and O–H groups in total. The first kappa shape index (κ1) is 12.1. The minimum Gasteiger partial charge on any atom is -0.481 e. The summed E-state index contributed by atoms with van der Waals surface area (Å²) in [7, 11) is 0. The summed E-state index contributed by atoms with van der Waals surface area (Å²) in [5.41, 5.74) is 0. The average Bonchev–Trinajstić information content (AvgIpc) is 1.83. The molecule has 0 amide bonds. The molecule has 0 rings (SSSR count). The Balaban J connectivity index is 0. The van der Waals surface area contributed by atoms with E-state index in [-0.39, 0.29) is 38.6 Å². The fourth-order valence-electron chi connectivity index (χ4n) is 0.289. The third kappa shape index (κ3) is 7.43. The topological polar surface area (TPSA) is 71.4 Å². The van der Waals surface area contributed by atoms with Gasteiger partial charge in [-0.1, -0.05) is 0 Å². The third-order valence-corrected chi connectivity index (χ3v) is 0.717. The number of hydrogen-bond donors (Lipinski definition) is 1. The van der Waals surface area contributed by atoms with Gasteiger partial charge in [0.05, 0.1) is 6.42 Å². The number of rotatable bonds is 4. The zero-order chi connectivity index (χ0) is 7.28. The Morgan fingerprint density at radius 2 is 1.80 bits per heavy atom. The molecule has 0 radical (unpaired) electrons. The number of carboxylic acids is 1. The summed E-state index contributed by atoms with van der Waals surface area (Å²) < 4.78 is 0. The Kier molecular flexibility index (Phi) is 7.96. The Bertz CT molecular complexity index is 143. The molecule has 0 aromatic rings. The van der Waals surface area contributed by atoms with Crippen molar-refractivity contribution in [3.05, 3.63) is 0 Å². The zero-order valence-electron chi connectivity index (χ0n) is 5.37. The van der Waals surface area contributed by atoms with Crippen LogP contribution in [0.15, 0.2) is 0 Å². The van der Waals surface area contributed by atoms with E-state index in [1.54, 1.807) is 0 Å². The van der Waals surface area contributed by atoms with E-state index in [0.717, 1.165) is 0 Å². The Morgan fingerprint density at radius 3 is 2.10 bits per heavy atom. The van der Waals surface area contributed by atoms with Crippen molar-refractivity contribution < 1.29 is 39.0 Å². The summed E-state index contributed by atoms with van der Waals surface area (Å²) in [6, 6.07) is 0. The van der Waals surface area contributed by atoms with Crippen LogP contribution in [-0.2, 0) is 33.9 Å². The third-order valence-electron chi connectivity index (χ3n) is 0.717. The van der Waals surface area contributed by atoms with Crippen LogP contribution in [0.25, 0.3) is 0 Å². The van der Waals surface area contributed by atoms with Crippen molar-refractivity contribution in [2.75, 3.05) is 0 Å². The van der Waals surface area contributed by atoms with Crippen LogP contribution in [0.5, 0.6) is 0 Å². The van der Waals surface area contributed by atoms with Gasteiger partial charge in [-0.05, 0) is 0 Å². The first-order valence-electron chi connectivity index (χ1n) is 2.36. The number of carbonyl (C=O) groups is 3. The predicted octanol–water partition coefficient (Wildman–Crippen LogP) is -0.383. The van der Waals surface area contributed by atoms with Crippen molar-refractivity contribution in [3.63, 3.8) is 0 Å². The second-order valence-corrected chi connectivity index (χ2v) is 1.48. The van der Waals surface area contributed by atoms with E-state index in [1.807, 2.05) is 0 Å². The minimum atomic E-state index is -1.06. The maximum Gasteiger partial charge on any atom is 0.303 e. The second-order valence-electron chi connectivity index (χ2n) is 1.48. The van der Waals surface area contributed by atoms with E-state index >= 15 is 0 Å². The van der Waals surface area contributed by atoms with Gasteiger partial charge in [0.25, 0.3) is 0 Å². The molecule has 52 valence electrons. The van der Waals surface area contributed by atoms with Crippen LogP contribution in [0.3, 0.4) is 0 Å². The fourth-order valence-corrected chi connectivity index (χ4v) is 0.289. The summed E-state index contributed by atoms with van der Waals surface area (Å²) in [6.45, 7) is 0. The maximum atomic E-state index is 10.1. The number of Topliss-reactive ketones (excluding diaryl/α,β-unsaturated/α-hetero) is 1. The molecule has 5 heteroatoms. The molecule has 0 atom stereocenters. The molecule has 0 heterocycles.